The number of thioether (sulfide) groups is 1. The molecule has 1 saturated heterocycles. The van der Waals surface area contributed by atoms with Crippen LogP contribution in [-0.4, -0.2) is 34.1 Å². The average molecular weight is 523 g/mol. The van der Waals surface area contributed by atoms with Gasteiger partial charge in [0.2, 0.25) is 0 Å². The lowest BCUT2D eigenvalue weighted by Gasteiger charge is -2.07. The summed E-state index contributed by atoms with van der Waals surface area (Å²) in [5.41, 5.74) is 2.56. The lowest BCUT2D eigenvalue weighted by atomic mass is 10.2. The number of carbonyl (C=O) groups excluding carboxylic acids is 1. The molecular weight excluding hydrogens is 504 g/mol. The molecule has 1 fully saturated rings. The molecule has 6 nitrogen and oxygen atoms in total. The Balaban J connectivity index is 1.45. The van der Waals surface area contributed by atoms with Crippen LogP contribution in [0, 0.1) is 0 Å². The zero-order valence-corrected chi connectivity index (χ0v) is 20.0. The van der Waals surface area contributed by atoms with Crippen molar-refractivity contribution < 1.29 is 19.4 Å². The van der Waals surface area contributed by atoms with Gasteiger partial charge in [-0.25, -0.2) is 9.79 Å². The normalized spacial score (nSPS) is 15.9. The second-order valence-electron chi connectivity index (χ2n) is 7.21. The van der Waals surface area contributed by atoms with E-state index in [0.717, 1.165) is 21.3 Å². The third-order valence-corrected chi connectivity index (χ3v) is 6.41. The van der Waals surface area contributed by atoms with Gasteiger partial charge in [-0.1, -0.05) is 46.3 Å². The Hall–Kier alpha value is -3.36. The molecule has 0 unspecified atom stereocenters. The molecule has 0 bridgehead atoms. The van der Waals surface area contributed by atoms with E-state index in [9.17, 15) is 9.59 Å². The molecule has 1 aliphatic rings. The number of amides is 1. The van der Waals surface area contributed by atoms with Gasteiger partial charge in [0.15, 0.2) is 5.17 Å². The maximum absolute atomic E-state index is 12.7. The van der Waals surface area contributed by atoms with Gasteiger partial charge in [-0.3, -0.25) is 9.69 Å². The monoisotopic (exact) mass is 522 g/mol. The summed E-state index contributed by atoms with van der Waals surface area (Å²) in [6, 6.07) is 21.8. The first-order valence-electron chi connectivity index (χ1n) is 9.96. The summed E-state index contributed by atoms with van der Waals surface area (Å²) in [7, 11) is 1.65. The van der Waals surface area contributed by atoms with E-state index in [0.29, 0.717) is 22.4 Å². The van der Waals surface area contributed by atoms with Crippen LogP contribution in [0.25, 0.3) is 6.08 Å². The Morgan fingerprint density at radius 3 is 2.55 bits per heavy atom. The van der Waals surface area contributed by atoms with Crippen LogP contribution in [0.3, 0.4) is 0 Å². The molecular formula is C25H19BrN2O4S. The number of amidine groups is 1. The Morgan fingerprint density at radius 2 is 1.85 bits per heavy atom. The van der Waals surface area contributed by atoms with E-state index in [4.69, 9.17) is 9.84 Å². The Kier molecular flexibility index (Phi) is 6.96. The predicted molar refractivity (Wildman–Crippen MR) is 134 cm³/mol. The zero-order chi connectivity index (χ0) is 23.4. The molecule has 0 saturated carbocycles. The van der Waals surface area contributed by atoms with Crippen LogP contribution in [0.15, 0.2) is 87.2 Å². The summed E-state index contributed by atoms with van der Waals surface area (Å²) >= 11 is 4.67. The highest BCUT2D eigenvalue weighted by molar-refractivity contribution is 9.10. The molecule has 0 aliphatic carbocycles. The van der Waals surface area contributed by atoms with Crippen LogP contribution >= 0.6 is 27.7 Å². The van der Waals surface area contributed by atoms with Crippen molar-refractivity contribution in [3.05, 3.63) is 98.9 Å². The second kappa shape index (κ2) is 10.1. The zero-order valence-electron chi connectivity index (χ0n) is 17.6. The largest absolute Gasteiger partial charge is 0.489 e. The standard InChI is InChI=1S/C25H19BrN2O4S/c1-28-23(29)22(33-25(28)27-20-4-2-3-18(14-20)24(30)31)13-16-7-11-21(12-8-16)32-15-17-5-9-19(26)10-6-17/h2-14H,15H2,1H3,(H,30,31). The number of ether oxygens (including phenoxy) is 1. The topological polar surface area (TPSA) is 79.2 Å². The molecule has 33 heavy (non-hydrogen) atoms. The Labute approximate surface area is 203 Å². The van der Waals surface area contributed by atoms with E-state index in [1.807, 2.05) is 48.5 Å². The molecule has 1 amide bonds. The van der Waals surface area contributed by atoms with Gasteiger partial charge < -0.3 is 9.84 Å². The number of hydrogen-bond donors (Lipinski definition) is 1. The van der Waals surface area contributed by atoms with Crippen LogP contribution in [0.4, 0.5) is 5.69 Å². The van der Waals surface area contributed by atoms with Crippen LogP contribution in [-0.2, 0) is 11.4 Å². The minimum Gasteiger partial charge on any atom is -0.489 e. The summed E-state index contributed by atoms with van der Waals surface area (Å²) in [4.78, 5) is 30.3. The van der Waals surface area contributed by atoms with Gasteiger partial charge in [0.05, 0.1) is 16.2 Å². The van der Waals surface area contributed by atoms with Gasteiger partial charge in [0.25, 0.3) is 5.91 Å². The van der Waals surface area contributed by atoms with Crippen molar-refractivity contribution in [3.63, 3.8) is 0 Å². The molecule has 0 radical (unpaired) electrons. The lowest BCUT2D eigenvalue weighted by Crippen LogP contribution is -2.23. The molecule has 1 N–H and O–H groups in total. The van der Waals surface area contributed by atoms with Gasteiger partial charge >= 0.3 is 5.97 Å². The molecule has 3 aromatic carbocycles. The van der Waals surface area contributed by atoms with E-state index in [-0.39, 0.29) is 11.5 Å². The Morgan fingerprint density at radius 1 is 1.12 bits per heavy atom. The van der Waals surface area contributed by atoms with Crippen molar-refractivity contribution >= 4 is 56.5 Å². The number of carboxylic acids is 1. The van der Waals surface area contributed by atoms with Gasteiger partial charge in [-0.15, -0.1) is 0 Å². The fraction of sp³-hybridized carbons (Fsp3) is 0.0800. The molecule has 0 aromatic heterocycles. The lowest BCUT2D eigenvalue weighted by molar-refractivity contribution is -0.121. The van der Waals surface area contributed by atoms with E-state index in [1.54, 1.807) is 25.3 Å². The van der Waals surface area contributed by atoms with Crippen LogP contribution in [0.5, 0.6) is 5.75 Å². The molecule has 1 heterocycles. The quantitative estimate of drug-likeness (QED) is 0.404. The summed E-state index contributed by atoms with van der Waals surface area (Å²) in [5, 5.41) is 9.64. The highest BCUT2D eigenvalue weighted by Gasteiger charge is 2.30. The smallest absolute Gasteiger partial charge is 0.335 e. The van der Waals surface area contributed by atoms with E-state index in [1.165, 1.54) is 28.8 Å². The number of carbonyl (C=O) groups is 2. The number of benzene rings is 3. The van der Waals surface area contributed by atoms with Crippen molar-refractivity contribution in [1.82, 2.24) is 4.90 Å². The fourth-order valence-electron chi connectivity index (χ4n) is 3.03. The minimum atomic E-state index is -1.02. The minimum absolute atomic E-state index is 0.145. The highest BCUT2D eigenvalue weighted by atomic mass is 79.9. The summed E-state index contributed by atoms with van der Waals surface area (Å²) in [6.07, 6.45) is 1.80. The molecule has 3 aromatic rings. The van der Waals surface area contributed by atoms with Crippen LogP contribution in [0.2, 0.25) is 0 Å². The Bertz CT molecular complexity index is 1250. The van der Waals surface area contributed by atoms with E-state index < -0.39 is 5.97 Å². The maximum atomic E-state index is 12.7. The first-order valence-corrected chi connectivity index (χ1v) is 11.6. The number of hydrogen-bond acceptors (Lipinski definition) is 5. The van der Waals surface area contributed by atoms with Crippen LogP contribution in [0.1, 0.15) is 21.5 Å². The van der Waals surface area contributed by atoms with Crippen molar-refractivity contribution in [1.29, 1.82) is 0 Å². The second-order valence-corrected chi connectivity index (χ2v) is 9.13. The van der Waals surface area contributed by atoms with Crippen molar-refractivity contribution in [2.24, 2.45) is 4.99 Å². The number of carboxylic acid groups (broad SMARTS) is 1. The number of aliphatic imine (C=N–C) groups is 1. The van der Waals surface area contributed by atoms with Gasteiger partial charge in [0, 0.05) is 11.5 Å². The van der Waals surface area contributed by atoms with Crippen molar-refractivity contribution in [3.8, 4) is 5.75 Å². The number of aromatic carboxylic acids is 1. The number of nitrogens with zero attached hydrogens (tertiary/aromatic N) is 2. The van der Waals surface area contributed by atoms with Gasteiger partial charge in [0.1, 0.15) is 12.4 Å². The summed E-state index contributed by atoms with van der Waals surface area (Å²) in [6.45, 7) is 0.468. The molecule has 8 heteroatoms. The molecule has 0 spiro atoms. The van der Waals surface area contributed by atoms with E-state index >= 15 is 0 Å². The number of halogens is 1. The number of rotatable bonds is 6. The maximum Gasteiger partial charge on any atom is 0.335 e. The van der Waals surface area contributed by atoms with Crippen molar-refractivity contribution in [2.75, 3.05) is 7.05 Å². The highest BCUT2D eigenvalue weighted by Crippen LogP contribution is 2.33. The molecule has 4 rings (SSSR count). The SMILES string of the molecule is CN1C(=O)C(=Cc2ccc(OCc3ccc(Br)cc3)cc2)SC1=Nc1cccc(C(=O)O)c1. The van der Waals surface area contributed by atoms with Crippen molar-refractivity contribution in [2.45, 2.75) is 6.61 Å². The summed E-state index contributed by atoms with van der Waals surface area (Å²) < 4.78 is 6.85. The predicted octanol–water partition coefficient (Wildman–Crippen LogP) is 5.96. The van der Waals surface area contributed by atoms with E-state index in [2.05, 4.69) is 20.9 Å². The van der Waals surface area contributed by atoms with Gasteiger partial charge in [-0.05, 0) is 71.4 Å². The first-order chi connectivity index (χ1) is 15.9. The molecule has 1 aliphatic heterocycles. The first kappa shape index (κ1) is 22.8. The molecule has 0 atom stereocenters. The average Bonchev–Trinajstić information content (AvgIpc) is 3.07. The third kappa shape index (κ3) is 5.71. The van der Waals surface area contributed by atoms with Gasteiger partial charge in [-0.2, -0.15) is 0 Å². The molecule has 166 valence electrons. The fourth-order valence-corrected chi connectivity index (χ4v) is 4.28. The summed E-state index contributed by atoms with van der Waals surface area (Å²) in [5.74, 6) is -0.447. The number of likely N-dealkylation sites (N-methyl/N-ethyl adjacent to an activating group) is 1. The van der Waals surface area contributed by atoms with Crippen LogP contribution < -0.4 is 4.74 Å². The third-order valence-electron chi connectivity index (χ3n) is 4.82.